The van der Waals surface area contributed by atoms with Crippen LogP contribution in [-0.2, 0) is 14.3 Å². The Hall–Kier alpha value is -0.650. The summed E-state index contributed by atoms with van der Waals surface area (Å²) in [6, 6.07) is -0.211. The van der Waals surface area contributed by atoms with E-state index in [1.54, 1.807) is 0 Å². The third-order valence-corrected chi connectivity index (χ3v) is 4.34. The van der Waals surface area contributed by atoms with Gasteiger partial charge in [-0.05, 0) is 38.0 Å². The lowest BCUT2D eigenvalue weighted by molar-refractivity contribution is -0.147. The molecular formula is C15H27NO4. The van der Waals surface area contributed by atoms with Crippen LogP contribution in [0.3, 0.4) is 0 Å². The summed E-state index contributed by atoms with van der Waals surface area (Å²) in [5.74, 6) is -0.369. The van der Waals surface area contributed by atoms with Gasteiger partial charge in [0.05, 0.1) is 5.60 Å². The van der Waals surface area contributed by atoms with Crippen LogP contribution in [0.4, 0.5) is 0 Å². The van der Waals surface area contributed by atoms with Crippen LogP contribution in [0.5, 0.6) is 0 Å². The lowest BCUT2D eigenvalue weighted by Crippen LogP contribution is -2.53. The maximum atomic E-state index is 11.4. The molecule has 2 unspecified atom stereocenters. The van der Waals surface area contributed by atoms with E-state index in [-0.39, 0.29) is 11.6 Å². The maximum absolute atomic E-state index is 11.4. The first kappa shape index (κ1) is 15.7. The van der Waals surface area contributed by atoms with Crippen LogP contribution in [0.2, 0.25) is 0 Å². The molecule has 0 aromatic carbocycles. The van der Waals surface area contributed by atoms with Gasteiger partial charge in [-0.15, -0.1) is 0 Å². The van der Waals surface area contributed by atoms with E-state index in [0.717, 1.165) is 38.9 Å². The van der Waals surface area contributed by atoms with Gasteiger partial charge in [0.2, 0.25) is 0 Å². The zero-order valence-electron chi connectivity index (χ0n) is 12.6. The van der Waals surface area contributed by atoms with E-state index in [1.807, 2.05) is 0 Å². The molecule has 5 heteroatoms. The van der Waals surface area contributed by atoms with Crippen LogP contribution < -0.4 is 5.32 Å². The summed E-state index contributed by atoms with van der Waals surface area (Å²) in [5, 5.41) is 12.7. The quantitative estimate of drug-likeness (QED) is 0.806. The molecule has 2 saturated heterocycles. The minimum Gasteiger partial charge on any atom is -0.480 e. The molecule has 0 aliphatic carbocycles. The molecule has 2 N–H and O–H groups in total. The molecule has 2 heterocycles. The van der Waals surface area contributed by atoms with E-state index >= 15 is 0 Å². The Labute approximate surface area is 121 Å². The molecule has 0 radical (unpaired) electrons. The Bertz CT molecular complexity index is 320. The molecule has 2 aliphatic heterocycles. The standard InChI is InChI=1S/C15H27NO4/c1-11(2)9-13(14(17)18)16-12-3-6-20-15(10-12)4-7-19-8-5-15/h11-13,16H,3-10H2,1-2H3,(H,17,18). The number of rotatable bonds is 5. The highest BCUT2D eigenvalue weighted by molar-refractivity contribution is 5.73. The second-order valence-electron chi connectivity index (χ2n) is 6.52. The molecule has 116 valence electrons. The summed E-state index contributed by atoms with van der Waals surface area (Å²) >= 11 is 0. The summed E-state index contributed by atoms with van der Waals surface area (Å²) in [6.07, 6.45) is 4.31. The van der Waals surface area contributed by atoms with Crippen molar-refractivity contribution in [2.45, 2.75) is 63.6 Å². The van der Waals surface area contributed by atoms with Gasteiger partial charge in [0.1, 0.15) is 6.04 Å². The molecule has 0 aromatic rings. The molecule has 0 bridgehead atoms. The van der Waals surface area contributed by atoms with Gasteiger partial charge in [0.15, 0.2) is 0 Å². The lowest BCUT2D eigenvalue weighted by Gasteiger charge is -2.44. The molecule has 20 heavy (non-hydrogen) atoms. The van der Waals surface area contributed by atoms with Gasteiger partial charge >= 0.3 is 5.97 Å². The van der Waals surface area contributed by atoms with Crippen molar-refractivity contribution in [3.05, 3.63) is 0 Å². The largest absolute Gasteiger partial charge is 0.480 e. The molecule has 0 aromatic heterocycles. The van der Waals surface area contributed by atoms with Crippen LogP contribution in [-0.4, -0.2) is 48.6 Å². The second kappa shape index (κ2) is 6.87. The van der Waals surface area contributed by atoms with Crippen LogP contribution in [0, 0.1) is 5.92 Å². The summed E-state index contributed by atoms with van der Waals surface area (Å²) in [7, 11) is 0. The predicted octanol–water partition coefficient (Wildman–Crippen LogP) is 1.80. The summed E-state index contributed by atoms with van der Waals surface area (Å²) in [6.45, 7) is 6.33. The molecule has 2 rings (SSSR count). The van der Waals surface area contributed by atoms with Gasteiger partial charge in [0, 0.05) is 25.9 Å². The van der Waals surface area contributed by atoms with Crippen molar-refractivity contribution in [3.8, 4) is 0 Å². The van der Waals surface area contributed by atoms with Gasteiger partial charge in [-0.2, -0.15) is 0 Å². The fourth-order valence-electron chi connectivity index (χ4n) is 3.26. The van der Waals surface area contributed by atoms with Crippen molar-refractivity contribution in [1.29, 1.82) is 0 Å². The van der Waals surface area contributed by atoms with Gasteiger partial charge in [0.25, 0.3) is 0 Å². The molecule has 0 saturated carbocycles. The van der Waals surface area contributed by atoms with Gasteiger partial charge in [-0.25, -0.2) is 0 Å². The SMILES string of the molecule is CC(C)CC(NC1CCOC2(CCOCC2)C1)C(=O)O. The molecule has 2 atom stereocenters. The molecule has 1 spiro atoms. The predicted molar refractivity (Wildman–Crippen MR) is 75.8 cm³/mol. The third-order valence-electron chi connectivity index (χ3n) is 4.34. The van der Waals surface area contributed by atoms with Crippen LogP contribution >= 0.6 is 0 Å². The number of nitrogens with one attached hydrogen (secondary N) is 1. The fraction of sp³-hybridized carbons (Fsp3) is 0.933. The van der Waals surface area contributed by atoms with Crippen molar-refractivity contribution >= 4 is 5.97 Å². The number of hydrogen-bond acceptors (Lipinski definition) is 4. The summed E-state index contributed by atoms with van der Waals surface area (Å²) in [4.78, 5) is 11.4. The lowest BCUT2D eigenvalue weighted by atomic mass is 9.83. The Morgan fingerprint density at radius 2 is 2.05 bits per heavy atom. The molecule has 5 nitrogen and oxygen atoms in total. The molecule has 2 aliphatic rings. The third kappa shape index (κ3) is 4.17. The summed E-state index contributed by atoms with van der Waals surface area (Å²) < 4.78 is 11.4. The van der Waals surface area contributed by atoms with Crippen LogP contribution in [0.25, 0.3) is 0 Å². The van der Waals surface area contributed by atoms with Crippen molar-refractivity contribution in [3.63, 3.8) is 0 Å². The monoisotopic (exact) mass is 285 g/mol. The van der Waals surface area contributed by atoms with Gasteiger partial charge in [-0.3, -0.25) is 4.79 Å². The summed E-state index contributed by atoms with van der Waals surface area (Å²) in [5.41, 5.74) is -0.0882. The highest BCUT2D eigenvalue weighted by Crippen LogP contribution is 2.34. The van der Waals surface area contributed by atoms with E-state index in [1.165, 1.54) is 0 Å². The Kier molecular flexibility index (Phi) is 5.41. The normalized spacial score (nSPS) is 27.6. The smallest absolute Gasteiger partial charge is 0.320 e. The van der Waals surface area contributed by atoms with Gasteiger partial charge in [-0.1, -0.05) is 13.8 Å². The Balaban J connectivity index is 1.92. The highest BCUT2D eigenvalue weighted by Gasteiger charge is 2.39. The number of carbonyl (C=O) groups is 1. The number of carboxylic acids is 1. The zero-order chi connectivity index (χ0) is 14.6. The first-order valence-electron chi connectivity index (χ1n) is 7.71. The van der Waals surface area contributed by atoms with E-state index in [0.29, 0.717) is 18.9 Å². The first-order valence-corrected chi connectivity index (χ1v) is 7.71. The average molecular weight is 285 g/mol. The molecule has 2 fully saturated rings. The van der Waals surface area contributed by atoms with Crippen LogP contribution in [0.1, 0.15) is 46.0 Å². The van der Waals surface area contributed by atoms with E-state index in [4.69, 9.17) is 9.47 Å². The number of aliphatic carboxylic acids is 1. The molecular weight excluding hydrogens is 258 g/mol. The number of hydrogen-bond donors (Lipinski definition) is 2. The maximum Gasteiger partial charge on any atom is 0.320 e. The van der Waals surface area contributed by atoms with Crippen molar-refractivity contribution in [2.24, 2.45) is 5.92 Å². The Morgan fingerprint density at radius 1 is 1.35 bits per heavy atom. The number of ether oxygens (including phenoxy) is 2. The van der Waals surface area contributed by atoms with E-state index < -0.39 is 12.0 Å². The minimum absolute atomic E-state index is 0.0882. The zero-order valence-corrected chi connectivity index (χ0v) is 12.6. The van der Waals surface area contributed by atoms with Crippen LogP contribution in [0.15, 0.2) is 0 Å². The van der Waals surface area contributed by atoms with Crippen molar-refractivity contribution in [1.82, 2.24) is 5.32 Å². The first-order chi connectivity index (χ1) is 9.51. The average Bonchev–Trinajstić information content (AvgIpc) is 2.38. The molecule has 0 amide bonds. The Morgan fingerprint density at radius 3 is 2.65 bits per heavy atom. The van der Waals surface area contributed by atoms with E-state index in [2.05, 4.69) is 19.2 Å². The number of carboxylic acid groups (broad SMARTS) is 1. The second-order valence-corrected chi connectivity index (χ2v) is 6.52. The fourth-order valence-corrected chi connectivity index (χ4v) is 3.26. The minimum atomic E-state index is -0.744. The highest BCUT2D eigenvalue weighted by atomic mass is 16.5. The van der Waals surface area contributed by atoms with Crippen molar-refractivity contribution in [2.75, 3.05) is 19.8 Å². The van der Waals surface area contributed by atoms with E-state index in [9.17, 15) is 9.90 Å². The topological polar surface area (TPSA) is 67.8 Å². The van der Waals surface area contributed by atoms with Crippen molar-refractivity contribution < 1.29 is 19.4 Å². The van der Waals surface area contributed by atoms with Gasteiger partial charge < -0.3 is 19.9 Å².